The second-order valence-corrected chi connectivity index (χ2v) is 11.9. The number of rotatable bonds is 7. The predicted molar refractivity (Wildman–Crippen MR) is 161 cm³/mol. The van der Waals surface area contributed by atoms with Gasteiger partial charge in [-0.2, -0.15) is 5.10 Å². The van der Waals surface area contributed by atoms with Crippen LogP contribution >= 0.6 is 11.6 Å². The molecule has 1 fully saturated rings. The fourth-order valence-electron chi connectivity index (χ4n) is 5.57. The van der Waals surface area contributed by atoms with Gasteiger partial charge in [0.25, 0.3) is 5.56 Å². The summed E-state index contributed by atoms with van der Waals surface area (Å²) in [6, 6.07) is 13.9. The van der Waals surface area contributed by atoms with Crippen molar-refractivity contribution >= 4 is 45.2 Å². The van der Waals surface area contributed by atoms with E-state index in [0.717, 1.165) is 27.4 Å². The lowest BCUT2D eigenvalue weighted by molar-refractivity contribution is 0.591. The molecule has 2 aromatic carbocycles. The van der Waals surface area contributed by atoms with Crippen LogP contribution in [0.25, 0.3) is 17.1 Å². The zero-order valence-corrected chi connectivity index (χ0v) is 24.8. The van der Waals surface area contributed by atoms with Gasteiger partial charge in [0.1, 0.15) is 16.6 Å². The number of pyridine rings is 1. The molecular weight excluding hydrogens is 566 g/mol. The molecule has 6 nitrogen and oxygen atoms in total. The lowest BCUT2D eigenvalue weighted by Crippen LogP contribution is -2.21. The van der Waals surface area contributed by atoms with E-state index >= 15 is 8.78 Å². The van der Waals surface area contributed by atoms with E-state index in [9.17, 15) is 9.00 Å². The van der Waals surface area contributed by atoms with Crippen molar-refractivity contribution in [3.05, 3.63) is 110 Å². The van der Waals surface area contributed by atoms with Crippen molar-refractivity contribution in [1.82, 2.24) is 14.3 Å². The molecule has 2 heterocycles. The Labute approximate surface area is 244 Å². The molecular formula is C31H29ClF2N4O2S. The van der Waals surface area contributed by atoms with Crippen molar-refractivity contribution in [2.75, 3.05) is 6.26 Å². The average molecular weight is 595 g/mol. The van der Waals surface area contributed by atoms with E-state index in [1.807, 2.05) is 36.0 Å². The number of halogens is 3. The van der Waals surface area contributed by atoms with Crippen LogP contribution in [-0.2, 0) is 17.8 Å². The van der Waals surface area contributed by atoms with E-state index in [4.69, 9.17) is 11.6 Å². The molecule has 5 rings (SSSR count). The number of fused-ring (bicyclic) bond motifs is 1. The number of hydrogen-bond donors (Lipinski definition) is 0. The smallest absolute Gasteiger partial charge is 0.273 e. The summed E-state index contributed by atoms with van der Waals surface area (Å²) in [7, 11) is 0.285. The maximum Gasteiger partial charge on any atom is 0.273 e. The van der Waals surface area contributed by atoms with Crippen LogP contribution in [0.15, 0.2) is 81.3 Å². The number of allylic oxidation sites excluding steroid dienone is 2. The van der Waals surface area contributed by atoms with Gasteiger partial charge in [0.2, 0.25) is 0 Å². The molecule has 0 saturated heterocycles. The maximum absolute atomic E-state index is 15.8. The molecule has 4 atom stereocenters. The van der Waals surface area contributed by atoms with E-state index in [1.54, 1.807) is 26.0 Å². The van der Waals surface area contributed by atoms with Crippen molar-refractivity contribution in [2.24, 2.45) is 18.0 Å². The first kappa shape index (κ1) is 28.8. The third-order valence-corrected chi connectivity index (χ3v) is 8.91. The summed E-state index contributed by atoms with van der Waals surface area (Å²) in [5, 5.41) is 5.71. The maximum atomic E-state index is 15.8. The SMILES string of the molecule is C/C=C/N=C(/C(F)=C/n1c(C)cc(C2C(c3c4ccccc4nn3C)[C@H]2C)c(Cl)c1=O)c1cccc(S(C)=O)c1F. The Bertz CT molecular complexity index is 1860. The van der Waals surface area contributed by atoms with Crippen LogP contribution in [0.3, 0.4) is 0 Å². The number of aryl methyl sites for hydroxylation is 2. The second kappa shape index (κ2) is 11.3. The van der Waals surface area contributed by atoms with Crippen LogP contribution in [0, 0.1) is 18.7 Å². The molecule has 4 aromatic rings. The van der Waals surface area contributed by atoms with Crippen LogP contribution in [0.5, 0.6) is 0 Å². The van der Waals surface area contributed by atoms with Crippen LogP contribution in [0.1, 0.15) is 48.2 Å². The lowest BCUT2D eigenvalue weighted by Gasteiger charge is -2.12. The summed E-state index contributed by atoms with van der Waals surface area (Å²) < 4.78 is 46.0. The molecule has 0 N–H and O–H groups in total. The Balaban J connectivity index is 1.55. The monoisotopic (exact) mass is 594 g/mol. The topological polar surface area (TPSA) is 69.2 Å². The summed E-state index contributed by atoms with van der Waals surface area (Å²) in [6.45, 7) is 5.49. The zero-order chi connectivity index (χ0) is 29.6. The molecule has 0 spiro atoms. The van der Waals surface area contributed by atoms with E-state index in [0.29, 0.717) is 11.3 Å². The molecule has 1 aliphatic carbocycles. The highest BCUT2D eigenvalue weighted by molar-refractivity contribution is 7.84. The van der Waals surface area contributed by atoms with Crippen molar-refractivity contribution in [3.8, 4) is 0 Å². The van der Waals surface area contributed by atoms with E-state index in [1.165, 1.54) is 30.7 Å². The Morgan fingerprint density at radius 2 is 1.90 bits per heavy atom. The number of benzene rings is 2. The summed E-state index contributed by atoms with van der Waals surface area (Å²) in [6.07, 6.45) is 5.19. The third kappa shape index (κ3) is 5.13. The number of hydrogen-bond acceptors (Lipinski definition) is 4. The van der Waals surface area contributed by atoms with Crippen LogP contribution < -0.4 is 5.56 Å². The van der Waals surface area contributed by atoms with Crippen molar-refractivity contribution < 1.29 is 13.0 Å². The minimum atomic E-state index is -1.63. The molecule has 3 unspecified atom stereocenters. The third-order valence-electron chi connectivity index (χ3n) is 7.59. The van der Waals surface area contributed by atoms with Gasteiger partial charge in [-0.25, -0.2) is 8.78 Å². The molecule has 0 aliphatic heterocycles. The largest absolute Gasteiger partial charge is 0.284 e. The summed E-state index contributed by atoms with van der Waals surface area (Å²) in [4.78, 5) is 17.5. The van der Waals surface area contributed by atoms with Crippen LogP contribution in [-0.4, -0.2) is 30.5 Å². The Kier molecular flexibility index (Phi) is 7.94. The van der Waals surface area contributed by atoms with Crippen molar-refractivity contribution in [2.45, 2.75) is 37.5 Å². The molecule has 1 saturated carbocycles. The van der Waals surface area contributed by atoms with Gasteiger partial charge in [0.15, 0.2) is 5.83 Å². The Hall–Kier alpha value is -3.69. The van der Waals surface area contributed by atoms with Gasteiger partial charge in [-0.3, -0.25) is 23.2 Å². The van der Waals surface area contributed by atoms with Gasteiger partial charge in [-0.1, -0.05) is 48.9 Å². The van der Waals surface area contributed by atoms with E-state index in [2.05, 4.69) is 17.0 Å². The highest BCUT2D eigenvalue weighted by atomic mass is 35.5. The fraction of sp³-hybridized carbons (Fsp3) is 0.258. The van der Waals surface area contributed by atoms with Gasteiger partial charge in [-0.05, 0) is 55.5 Å². The quantitative estimate of drug-likeness (QED) is 0.219. The fourth-order valence-corrected chi connectivity index (χ4v) is 6.47. The van der Waals surface area contributed by atoms with Gasteiger partial charge >= 0.3 is 0 Å². The van der Waals surface area contributed by atoms with Gasteiger partial charge in [0.05, 0.1) is 27.4 Å². The Morgan fingerprint density at radius 1 is 1.17 bits per heavy atom. The van der Waals surface area contributed by atoms with Crippen molar-refractivity contribution in [1.29, 1.82) is 0 Å². The summed E-state index contributed by atoms with van der Waals surface area (Å²) >= 11 is 6.66. The molecule has 1 aliphatic rings. The lowest BCUT2D eigenvalue weighted by atomic mass is 10.1. The number of nitrogens with zero attached hydrogens (tertiary/aromatic N) is 4. The first-order valence-electron chi connectivity index (χ1n) is 13.1. The van der Waals surface area contributed by atoms with E-state index in [-0.39, 0.29) is 38.9 Å². The standard InChI is InChI=1S/C31H29ClF2N4O2S/c1-6-14-35-29(20-11-9-13-24(28(20)34)41(5)40)22(33)16-38-17(2)15-21(27(32)31(38)39)25-18(3)26(25)30-19-10-7-8-12-23(19)36-37(30)4/h6-16,18,25-26H,1-5H3/b14-6+,22-16-,35-29+/t18-,25?,26?,41?/m0/s1. The van der Waals surface area contributed by atoms with Crippen molar-refractivity contribution in [3.63, 3.8) is 0 Å². The van der Waals surface area contributed by atoms with Crippen LogP contribution in [0.4, 0.5) is 8.78 Å². The first-order valence-corrected chi connectivity index (χ1v) is 15.0. The minimum Gasteiger partial charge on any atom is -0.284 e. The van der Waals surface area contributed by atoms with Gasteiger partial charge in [0, 0.05) is 47.8 Å². The first-order chi connectivity index (χ1) is 19.6. The molecule has 10 heteroatoms. The minimum absolute atomic E-state index is 0.00486. The molecule has 2 aromatic heterocycles. The van der Waals surface area contributed by atoms with Gasteiger partial charge in [-0.15, -0.1) is 0 Å². The highest BCUT2D eigenvalue weighted by Crippen LogP contribution is 2.62. The molecule has 41 heavy (non-hydrogen) atoms. The van der Waals surface area contributed by atoms with Gasteiger partial charge < -0.3 is 0 Å². The number of aliphatic imine (C=N–C) groups is 1. The molecule has 212 valence electrons. The van der Waals surface area contributed by atoms with E-state index < -0.39 is 28.0 Å². The summed E-state index contributed by atoms with van der Waals surface area (Å²) in [5.74, 6) is -1.46. The highest BCUT2D eigenvalue weighted by Gasteiger charge is 2.52. The van der Waals surface area contributed by atoms with Crippen LogP contribution in [0.2, 0.25) is 5.02 Å². The average Bonchev–Trinajstić information content (AvgIpc) is 3.46. The molecule has 0 amide bonds. The zero-order valence-electron chi connectivity index (χ0n) is 23.2. The second-order valence-electron chi connectivity index (χ2n) is 10.2. The summed E-state index contributed by atoms with van der Waals surface area (Å²) in [5.41, 5.74) is 2.07. The predicted octanol–water partition coefficient (Wildman–Crippen LogP) is 6.88. The normalized spacial score (nSPS) is 20.2. The molecule has 0 radical (unpaired) electrons. The number of aromatic nitrogens is 3. The Morgan fingerprint density at radius 3 is 2.61 bits per heavy atom. The molecule has 0 bridgehead atoms.